The normalized spacial score (nSPS) is 16.4. The largest absolute Gasteiger partial charge is 0.421 e. The van der Waals surface area contributed by atoms with E-state index in [1.165, 1.54) is 0 Å². The minimum absolute atomic E-state index is 0.0873. The number of rotatable bonds is 4. The van der Waals surface area contributed by atoms with Crippen molar-refractivity contribution >= 4 is 17.5 Å². The summed E-state index contributed by atoms with van der Waals surface area (Å²) in [4.78, 5) is 7.73. The van der Waals surface area contributed by atoms with E-state index >= 15 is 0 Å². The maximum atomic E-state index is 13.1. The minimum atomic E-state index is -4.50. The van der Waals surface area contributed by atoms with Crippen LogP contribution in [0, 0.1) is 6.92 Å². The summed E-state index contributed by atoms with van der Waals surface area (Å²) in [7, 11) is 0. The van der Waals surface area contributed by atoms with Crippen LogP contribution in [-0.2, 0) is 6.18 Å². The highest BCUT2D eigenvalue weighted by Gasteiger charge is 2.41. The Morgan fingerprint density at radius 1 is 1.32 bits per heavy atom. The van der Waals surface area contributed by atoms with E-state index in [2.05, 4.69) is 30.8 Å². The van der Waals surface area contributed by atoms with Gasteiger partial charge in [0.2, 0.25) is 5.95 Å². The van der Waals surface area contributed by atoms with Crippen molar-refractivity contribution in [1.29, 1.82) is 0 Å². The van der Waals surface area contributed by atoms with Gasteiger partial charge in [0.1, 0.15) is 11.4 Å². The molecule has 2 aromatic rings. The molecule has 3 N–H and O–H groups in total. The van der Waals surface area contributed by atoms with Gasteiger partial charge >= 0.3 is 6.18 Å². The van der Waals surface area contributed by atoms with Gasteiger partial charge in [-0.05, 0) is 26.7 Å². The summed E-state index contributed by atoms with van der Waals surface area (Å²) in [5.41, 5.74) is 0.0996. The van der Waals surface area contributed by atoms with E-state index < -0.39 is 11.7 Å². The first-order valence-electron chi connectivity index (χ1n) is 6.77. The molecule has 6 nitrogen and oxygen atoms in total. The number of nitrogens with zero attached hydrogens (tertiary/aromatic N) is 3. The molecule has 118 valence electrons. The van der Waals surface area contributed by atoms with Gasteiger partial charge in [0.15, 0.2) is 0 Å². The highest BCUT2D eigenvalue weighted by atomic mass is 19.4. The van der Waals surface area contributed by atoms with Crippen LogP contribution in [0.15, 0.2) is 12.4 Å². The van der Waals surface area contributed by atoms with Gasteiger partial charge in [-0.3, -0.25) is 5.10 Å². The third kappa shape index (κ3) is 2.97. The number of hydrogen-bond acceptors (Lipinski definition) is 5. The first-order valence-corrected chi connectivity index (χ1v) is 6.77. The van der Waals surface area contributed by atoms with Crippen molar-refractivity contribution in [2.75, 3.05) is 10.6 Å². The van der Waals surface area contributed by atoms with Crippen LogP contribution >= 0.6 is 0 Å². The van der Waals surface area contributed by atoms with Gasteiger partial charge in [-0.1, -0.05) is 0 Å². The SMILES string of the molecule is Cc1n[nH]cc1Nc1ncc(C(F)(F)F)c(NC2(C)CC2)n1. The fourth-order valence-electron chi connectivity index (χ4n) is 1.95. The Balaban J connectivity index is 1.92. The standard InChI is InChI=1S/C13H15F3N6/c1-7-9(6-18-22-7)19-11-17-5-8(13(14,15)16)10(20-11)21-12(2)3-4-12/h5-6H,3-4H2,1-2H3,(H,18,22)(H2,17,19,20,21). The van der Waals surface area contributed by atoms with Crippen LogP contribution in [0.2, 0.25) is 0 Å². The maximum absolute atomic E-state index is 13.1. The summed E-state index contributed by atoms with van der Waals surface area (Å²) in [5, 5.41) is 12.3. The molecule has 22 heavy (non-hydrogen) atoms. The number of aromatic nitrogens is 4. The summed E-state index contributed by atoms with van der Waals surface area (Å²) in [6.45, 7) is 3.62. The zero-order valence-corrected chi connectivity index (χ0v) is 12.0. The molecule has 0 saturated heterocycles. The van der Waals surface area contributed by atoms with Gasteiger partial charge in [-0.2, -0.15) is 23.3 Å². The number of aryl methyl sites for hydroxylation is 1. The Bertz CT molecular complexity index is 689. The van der Waals surface area contributed by atoms with Crippen molar-refractivity contribution in [3.05, 3.63) is 23.7 Å². The van der Waals surface area contributed by atoms with E-state index in [-0.39, 0.29) is 17.3 Å². The van der Waals surface area contributed by atoms with Crippen LogP contribution in [-0.4, -0.2) is 25.7 Å². The zero-order chi connectivity index (χ0) is 16.0. The van der Waals surface area contributed by atoms with Gasteiger partial charge in [0, 0.05) is 17.9 Å². The molecule has 0 aromatic carbocycles. The lowest BCUT2D eigenvalue weighted by Crippen LogP contribution is -2.21. The summed E-state index contributed by atoms with van der Waals surface area (Å²) >= 11 is 0. The van der Waals surface area contributed by atoms with E-state index in [1.54, 1.807) is 13.1 Å². The van der Waals surface area contributed by atoms with Crippen LogP contribution < -0.4 is 10.6 Å². The van der Waals surface area contributed by atoms with Gasteiger partial charge in [0.05, 0.1) is 11.4 Å². The van der Waals surface area contributed by atoms with E-state index in [9.17, 15) is 13.2 Å². The molecule has 0 radical (unpaired) electrons. The molecule has 0 unspecified atom stereocenters. The molecule has 0 amide bonds. The second kappa shape index (κ2) is 4.85. The fourth-order valence-corrected chi connectivity index (χ4v) is 1.95. The van der Waals surface area contributed by atoms with Crippen molar-refractivity contribution in [3.8, 4) is 0 Å². The van der Waals surface area contributed by atoms with Crippen molar-refractivity contribution in [2.45, 2.75) is 38.4 Å². The van der Waals surface area contributed by atoms with E-state index in [1.807, 2.05) is 6.92 Å². The Morgan fingerprint density at radius 2 is 2.05 bits per heavy atom. The third-order valence-electron chi connectivity index (χ3n) is 3.59. The summed E-state index contributed by atoms with van der Waals surface area (Å²) in [5.74, 6) is -0.115. The molecule has 0 spiro atoms. The zero-order valence-electron chi connectivity index (χ0n) is 12.0. The smallest absolute Gasteiger partial charge is 0.364 e. The average Bonchev–Trinajstić information content (AvgIpc) is 3.00. The van der Waals surface area contributed by atoms with Gasteiger partial charge in [0.25, 0.3) is 0 Å². The highest BCUT2D eigenvalue weighted by Crippen LogP contribution is 2.41. The Morgan fingerprint density at radius 3 is 2.59 bits per heavy atom. The monoisotopic (exact) mass is 312 g/mol. The molecule has 0 bridgehead atoms. The molecule has 1 fully saturated rings. The van der Waals surface area contributed by atoms with Gasteiger partial charge < -0.3 is 10.6 Å². The van der Waals surface area contributed by atoms with Crippen LogP contribution in [0.5, 0.6) is 0 Å². The summed E-state index contributed by atoms with van der Waals surface area (Å²) in [6.07, 6.45) is -0.488. The first-order chi connectivity index (χ1) is 10.3. The topological polar surface area (TPSA) is 78.5 Å². The molecule has 9 heteroatoms. The van der Waals surface area contributed by atoms with Crippen LogP contribution in [0.25, 0.3) is 0 Å². The summed E-state index contributed by atoms with van der Waals surface area (Å²) in [6, 6.07) is 0. The van der Waals surface area contributed by atoms with Crippen molar-refractivity contribution in [2.24, 2.45) is 0 Å². The number of nitrogens with one attached hydrogen (secondary N) is 3. The molecule has 2 heterocycles. The lowest BCUT2D eigenvalue weighted by Gasteiger charge is -2.18. The second-order valence-corrected chi connectivity index (χ2v) is 5.65. The molecule has 2 aromatic heterocycles. The quantitative estimate of drug-likeness (QED) is 0.808. The van der Waals surface area contributed by atoms with Crippen molar-refractivity contribution < 1.29 is 13.2 Å². The Kier molecular flexibility index (Phi) is 3.22. The molecule has 1 saturated carbocycles. The number of hydrogen-bond donors (Lipinski definition) is 3. The number of halogens is 3. The molecular weight excluding hydrogens is 297 g/mol. The van der Waals surface area contributed by atoms with Crippen molar-refractivity contribution in [3.63, 3.8) is 0 Å². The third-order valence-corrected chi connectivity index (χ3v) is 3.59. The lowest BCUT2D eigenvalue weighted by molar-refractivity contribution is -0.137. The van der Waals surface area contributed by atoms with Gasteiger partial charge in [-0.25, -0.2) is 4.98 Å². The molecular formula is C13H15F3N6. The molecule has 1 aliphatic carbocycles. The Labute approximate surface area is 124 Å². The van der Waals surface area contributed by atoms with Crippen molar-refractivity contribution in [1.82, 2.24) is 20.2 Å². The van der Waals surface area contributed by atoms with Crippen LogP contribution in [0.3, 0.4) is 0 Å². The predicted octanol–water partition coefficient (Wildman–Crippen LogP) is 3.23. The number of aromatic amines is 1. The number of anilines is 3. The minimum Gasteiger partial charge on any atom is -0.364 e. The second-order valence-electron chi connectivity index (χ2n) is 5.65. The maximum Gasteiger partial charge on any atom is 0.421 e. The highest BCUT2D eigenvalue weighted by molar-refractivity contribution is 5.58. The fraction of sp³-hybridized carbons (Fsp3) is 0.462. The molecule has 0 atom stereocenters. The average molecular weight is 312 g/mol. The molecule has 3 rings (SSSR count). The van der Waals surface area contributed by atoms with Gasteiger partial charge in [-0.15, -0.1) is 0 Å². The van der Waals surface area contributed by atoms with E-state index in [4.69, 9.17) is 0 Å². The van der Waals surface area contributed by atoms with Crippen LogP contribution in [0.4, 0.5) is 30.6 Å². The van der Waals surface area contributed by atoms with E-state index in [0.29, 0.717) is 11.4 Å². The molecule has 1 aliphatic rings. The molecule has 0 aliphatic heterocycles. The Hall–Kier alpha value is -2.32. The number of alkyl halides is 3. The predicted molar refractivity (Wildman–Crippen MR) is 74.9 cm³/mol. The van der Waals surface area contributed by atoms with Crippen LogP contribution in [0.1, 0.15) is 31.0 Å². The first kappa shape index (κ1) is 14.6. The number of H-pyrrole nitrogens is 1. The lowest BCUT2D eigenvalue weighted by atomic mass is 10.2. The summed E-state index contributed by atoms with van der Waals surface area (Å²) < 4.78 is 39.2. The van der Waals surface area contributed by atoms with E-state index in [0.717, 1.165) is 19.0 Å².